The van der Waals surface area contributed by atoms with Gasteiger partial charge in [0.05, 0.1) is 5.69 Å². The zero-order valence-corrected chi connectivity index (χ0v) is 15.8. The van der Waals surface area contributed by atoms with Crippen molar-refractivity contribution in [2.75, 3.05) is 18.9 Å². The first kappa shape index (κ1) is 17.4. The molecule has 0 radical (unpaired) electrons. The van der Waals surface area contributed by atoms with Crippen LogP contribution in [0, 0.1) is 0 Å². The van der Waals surface area contributed by atoms with Crippen molar-refractivity contribution in [2.45, 2.75) is 45.1 Å². The van der Waals surface area contributed by atoms with E-state index in [0.29, 0.717) is 5.13 Å². The van der Waals surface area contributed by atoms with E-state index in [1.165, 1.54) is 22.4 Å². The van der Waals surface area contributed by atoms with E-state index in [9.17, 15) is 9.59 Å². The number of benzene rings is 1. The Hall–Kier alpha value is -2.05. The van der Waals surface area contributed by atoms with E-state index in [2.05, 4.69) is 28.3 Å². The van der Waals surface area contributed by atoms with Gasteiger partial charge in [0.25, 0.3) is 0 Å². The van der Waals surface area contributed by atoms with Gasteiger partial charge in [0.15, 0.2) is 10.9 Å². The van der Waals surface area contributed by atoms with Gasteiger partial charge in [0.1, 0.15) is 0 Å². The monoisotopic (exact) mass is 369 g/mol. The number of aryl methyl sites for hydroxylation is 2. The zero-order chi connectivity index (χ0) is 18.1. The number of amides is 1. The maximum absolute atomic E-state index is 12.4. The second-order valence-corrected chi connectivity index (χ2v) is 8.27. The summed E-state index contributed by atoms with van der Waals surface area (Å²) in [5.74, 6) is -0.103. The molecule has 0 fully saturated rings. The fourth-order valence-corrected chi connectivity index (χ4v) is 4.78. The molecule has 1 amide bonds. The van der Waals surface area contributed by atoms with E-state index < -0.39 is 0 Å². The lowest BCUT2D eigenvalue weighted by Gasteiger charge is -2.20. The van der Waals surface area contributed by atoms with Gasteiger partial charge >= 0.3 is 0 Å². The standard InChI is InChI=1S/C20H23N3O2S/c1-23-10-9-16-18(12-23)26-20(21-16)22-19(25)8-7-17(24)15-6-5-13-3-2-4-14(13)11-15/h5-6,11H,2-4,7-10,12H2,1H3,(H,21,22,25). The molecule has 0 spiro atoms. The first-order valence-corrected chi connectivity index (χ1v) is 10.0. The van der Waals surface area contributed by atoms with Gasteiger partial charge in [-0.2, -0.15) is 0 Å². The molecule has 0 unspecified atom stereocenters. The van der Waals surface area contributed by atoms with Crippen molar-refractivity contribution >= 4 is 28.2 Å². The van der Waals surface area contributed by atoms with Gasteiger partial charge in [-0.25, -0.2) is 4.98 Å². The summed E-state index contributed by atoms with van der Waals surface area (Å²) in [4.78, 5) is 32.6. The Bertz CT molecular complexity index is 859. The molecule has 2 heterocycles. The lowest BCUT2D eigenvalue weighted by molar-refractivity contribution is -0.116. The Morgan fingerprint density at radius 2 is 2.04 bits per heavy atom. The highest BCUT2D eigenvalue weighted by Crippen LogP contribution is 2.28. The number of likely N-dealkylation sites (N-methyl/N-ethyl adjacent to an activating group) is 1. The van der Waals surface area contributed by atoms with E-state index in [4.69, 9.17) is 0 Å². The summed E-state index contributed by atoms with van der Waals surface area (Å²) in [7, 11) is 2.09. The third kappa shape index (κ3) is 3.71. The van der Waals surface area contributed by atoms with Gasteiger partial charge in [0.2, 0.25) is 5.91 Å². The largest absolute Gasteiger partial charge is 0.302 e. The third-order valence-electron chi connectivity index (χ3n) is 5.17. The van der Waals surface area contributed by atoms with E-state index in [0.717, 1.165) is 43.6 Å². The molecule has 1 aliphatic carbocycles. The summed E-state index contributed by atoms with van der Waals surface area (Å²) in [5.41, 5.74) is 4.47. The van der Waals surface area contributed by atoms with Crippen LogP contribution in [0.15, 0.2) is 18.2 Å². The minimum atomic E-state index is -0.140. The maximum Gasteiger partial charge on any atom is 0.226 e. The van der Waals surface area contributed by atoms with Crippen LogP contribution in [0.2, 0.25) is 0 Å². The summed E-state index contributed by atoms with van der Waals surface area (Å²) in [5, 5.41) is 3.51. The second kappa shape index (κ2) is 7.29. The van der Waals surface area contributed by atoms with Crippen molar-refractivity contribution in [3.05, 3.63) is 45.5 Å². The van der Waals surface area contributed by atoms with E-state index in [1.807, 2.05) is 12.1 Å². The van der Waals surface area contributed by atoms with Gasteiger partial charge in [-0.1, -0.05) is 12.1 Å². The highest BCUT2D eigenvalue weighted by Gasteiger charge is 2.20. The van der Waals surface area contributed by atoms with Crippen LogP contribution in [0.5, 0.6) is 0 Å². The van der Waals surface area contributed by atoms with Crippen LogP contribution in [0.1, 0.15) is 51.3 Å². The lowest BCUT2D eigenvalue weighted by atomic mass is 10.0. The summed E-state index contributed by atoms with van der Waals surface area (Å²) in [6.07, 6.45) is 4.69. The molecule has 1 N–H and O–H groups in total. The molecule has 6 heteroatoms. The van der Waals surface area contributed by atoms with Crippen molar-refractivity contribution in [3.63, 3.8) is 0 Å². The second-order valence-electron chi connectivity index (χ2n) is 7.19. The number of hydrogen-bond acceptors (Lipinski definition) is 5. The average molecular weight is 369 g/mol. The van der Waals surface area contributed by atoms with Crippen LogP contribution in [-0.4, -0.2) is 35.2 Å². The van der Waals surface area contributed by atoms with Crippen molar-refractivity contribution < 1.29 is 9.59 Å². The van der Waals surface area contributed by atoms with Crippen LogP contribution in [0.25, 0.3) is 0 Å². The van der Waals surface area contributed by atoms with E-state index >= 15 is 0 Å². The fourth-order valence-electron chi connectivity index (χ4n) is 3.68. The predicted octanol–water partition coefficient (Wildman–Crippen LogP) is 3.22. The normalized spacial score (nSPS) is 16.2. The van der Waals surface area contributed by atoms with Gasteiger partial charge in [-0.3, -0.25) is 9.59 Å². The number of hydrogen-bond donors (Lipinski definition) is 1. The number of ketones is 1. The molecule has 26 heavy (non-hydrogen) atoms. The molecule has 0 atom stereocenters. The molecule has 0 saturated carbocycles. The predicted molar refractivity (Wildman–Crippen MR) is 103 cm³/mol. The molecule has 1 aliphatic heterocycles. The van der Waals surface area contributed by atoms with Gasteiger partial charge in [0, 0.05) is 42.8 Å². The molecule has 5 nitrogen and oxygen atoms in total. The number of nitrogens with zero attached hydrogens (tertiary/aromatic N) is 2. The Morgan fingerprint density at radius 1 is 1.19 bits per heavy atom. The molecular weight excluding hydrogens is 346 g/mol. The number of thiazole rings is 1. The fraction of sp³-hybridized carbons (Fsp3) is 0.450. The minimum absolute atomic E-state index is 0.0370. The molecule has 2 aromatic rings. The average Bonchev–Trinajstić information content (AvgIpc) is 3.24. The topological polar surface area (TPSA) is 62.3 Å². The van der Waals surface area contributed by atoms with Gasteiger partial charge in [-0.05, 0) is 43.5 Å². The van der Waals surface area contributed by atoms with Crippen LogP contribution >= 0.6 is 11.3 Å². The summed E-state index contributed by atoms with van der Waals surface area (Å²) < 4.78 is 0. The summed E-state index contributed by atoms with van der Waals surface area (Å²) in [6.45, 7) is 1.89. The van der Waals surface area contributed by atoms with Crippen molar-refractivity contribution in [1.29, 1.82) is 0 Å². The maximum atomic E-state index is 12.4. The Balaban J connectivity index is 1.32. The van der Waals surface area contributed by atoms with Crippen LogP contribution in [0.4, 0.5) is 5.13 Å². The number of Topliss-reactive ketones (excluding diaryl/α,β-unsaturated/α-hetero) is 1. The molecule has 1 aromatic heterocycles. The molecule has 136 valence electrons. The zero-order valence-electron chi connectivity index (χ0n) is 15.0. The summed E-state index contributed by atoms with van der Waals surface area (Å²) in [6, 6.07) is 5.97. The van der Waals surface area contributed by atoms with Crippen LogP contribution in [0.3, 0.4) is 0 Å². The van der Waals surface area contributed by atoms with Crippen molar-refractivity contribution in [3.8, 4) is 0 Å². The number of aromatic nitrogens is 1. The summed E-state index contributed by atoms with van der Waals surface area (Å²) >= 11 is 1.54. The van der Waals surface area contributed by atoms with Gasteiger partial charge in [-0.15, -0.1) is 11.3 Å². The Kier molecular flexibility index (Phi) is 4.87. The molecular formula is C20H23N3O2S. The highest BCUT2D eigenvalue weighted by molar-refractivity contribution is 7.15. The number of nitrogens with one attached hydrogen (secondary N) is 1. The number of fused-ring (bicyclic) bond motifs is 2. The lowest BCUT2D eigenvalue weighted by Crippen LogP contribution is -2.25. The Labute approximate surface area is 157 Å². The number of carbonyl (C=O) groups excluding carboxylic acids is 2. The van der Waals surface area contributed by atoms with Crippen molar-refractivity contribution in [1.82, 2.24) is 9.88 Å². The number of anilines is 1. The molecule has 0 bridgehead atoms. The Morgan fingerprint density at radius 3 is 2.92 bits per heavy atom. The number of carbonyl (C=O) groups is 2. The minimum Gasteiger partial charge on any atom is -0.302 e. The van der Waals surface area contributed by atoms with Crippen LogP contribution in [-0.2, 0) is 30.6 Å². The third-order valence-corrected chi connectivity index (χ3v) is 6.17. The molecule has 2 aliphatic rings. The highest BCUT2D eigenvalue weighted by atomic mass is 32.1. The first-order chi connectivity index (χ1) is 12.6. The van der Waals surface area contributed by atoms with Crippen LogP contribution < -0.4 is 5.32 Å². The number of rotatable bonds is 5. The smallest absolute Gasteiger partial charge is 0.226 e. The van der Waals surface area contributed by atoms with Crippen molar-refractivity contribution in [2.24, 2.45) is 0 Å². The van der Waals surface area contributed by atoms with E-state index in [1.54, 1.807) is 11.3 Å². The quantitative estimate of drug-likeness (QED) is 0.822. The first-order valence-electron chi connectivity index (χ1n) is 9.20. The molecule has 0 saturated heterocycles. The SMILES string of the molecule is CN1CCc2nc(NC(=O)CCC(=O)c3ccc4c(c3)CCC4)sc2C1. The van der Waals surface area contributed by atoms with E-state index in [-0.39, 0.29) is 24.5 Å². The molecule has 1 aromatic carbocycles. The molecule has 4 rings (SSSR count). The van der Waals surface area contributed by atoms with Gasteiger partial charge < -0.3 is 10.2 Å².